The Bertz CT molecular complexity index is 921. The summed E-state index contributed by atoms with van der Waals surface area (Å²) in [6.45, 7) is 1.62. The van der Waals surface area contributed by atoms with E-state index in [-0.39, 0.29) is 24.4 Å². The lowest BCUT2D eigenvalue weighted by Gasteiger charge is -2.36. The summed E-state index contributed by atoms with van der Waals surface area (Å²) in [7, 11) is -3.33. The first kappa shape index (κ1) is 18.8. The standard InChI is InChI=1S/C15H23BrN8O2S/c16-12-9-24-14(19-12)13(20-15(21-24)23-7-10(17)8-23)18-5-6-27(25,26)22-11-3-1-2-4-11/h9-11,22H,1-8,17H2,(H,18,20,21). The van der Waals surface area contributed by atoms with Crippen LogP contribution in [0.4, 0.5) is 11.8 Å². The van der Waals surface area contributed by atoms with Gasteiger partial charge in [0.05, 0.1) is 11.9 Å². The van der Waals surface area contributed by atoms with Crippen LogP contribution >= 0.6 is 15.9 Å². The van der Waals surface area contributed by atoms with E-state index in [2.05, 4.69) is 41.0 Å². The number of fused-ring (bicyclic) bond motifs is 1. The number of imidazole rings is 1. The van der Waals surface area contributed by atoms with Crippen molar-refractivity contribution in [3.63, 3.8) is 0 Å². The number of sulfonamides is 1. The first-order valence-corrected chi connectivity index (χ1v) is 11.5. The summed E-state index contributed by atoms with van der Waals surface area (Å²) in [6.07, 6.45) is 5.75. The lowest BCUT2D eigenvalue weighted by Crippen LogP contribution is -2.56. The lowest BCUT2D eigenvalue weighted by molar-refractivity contribution is 0.505. The van der Waals surface area contributed by atoms with Crippen molar-refractivity contribution in [2.45, 2.75) is 37.8 Å². The van der Waals surface area contributed by atoms with Gasteiger partial charge in [-0.2, -0.15) is 4.98 Å². The molecule has 0 bridgehead atoms. The Kier molecular flexibility index (Phi) is 5.23. The van der Waals surface area contributed by atoms with E-state index in [1.165, 1.54) is 0 Å². The molecular weight excluding hydrogens is 436 g/mol. The average molecular weight is 459 g/mol. The van der Waals surface area contributed by atoms with Crippen LogP contribution in [-0.2, 0) is 10.0 Å². The highest BCUT2D eigenvalue weighted by Crippen LogP contribution is 2.22. The molecule has 148 valence electrons. The Morgan fingerprint density at radius 2 is 2.00 bits per heavy atom. The van der Waals surface area contributed by atoms with E-state index in [0.717, 1.165) is 25.7 Å². The molecule has 0 unspecified atom stereocenters. The van der Waals surface area contributed by atoms with Crippen LogP contribution in [0.2, 0.25) is 0 Å². The summed E-state index contributed by atoms with van der Waals surface area (Å²) in [6, 6.07) is 0.202. The maximum absolute atomic E-state index is 12.3. The van der Waals surface area contributed by atoms with Crippen molar-refractivity contribution < 1.29 is 8.42 Å². The molecular formula is C15H23BrN8O2S. The summed E-state index contributed by atoms with van der Waals surface area (Å²) in [5, 5.41) is 7.56. The number of nitrogens with two attached hydrogens (primary N) is 1. The molecule has 10 nitrogen and oxygen atoms in total. The monoisotopic (exact) mass is 458 g/mol. The molecule has 2 aromatic rings. The van der Waals surface area contributed by atoms with E-state index in [9.17, 15) is 8.42 Å². The number of nitrogens with one attached hydrogen (secondary N) is 2. The quantitative estimate of drug-likeness (QED) is 0.539. The van der Waals surface area contributed by atoms with Crippen LogP contribution in [0.5, 0.6) is 0 Å². The van der Waals surface area contributed by atoms with Gasteiger partial charge in [-0.15, -0.1) is 5.10 Å². The molecule has 0 atom stereocenters. The molecule has 4 N–H and O–H groups in total. The van der Waals surface area contributed by atoms with Crippen molar-refractivity contribution in [3.05, 3.63) is 10.8 Å². The Hall–Kier alpha value is -1.50. The van der Waals surface area contributed by atoms with E-state index in [1.807, 2.05) is 4.90 Å². The average Bonchev–Trinajstić information content (AvgIpc) is 3.19. The van der Waals surface area contributed by atoms with Crippen molar-refractivity contribution in [1.29, 1.82) is 0 Å². The van der Waals surface area contributed by atoms with Crippen LogP contribution in [0, 0.1) is 0 Å². The number of hydrogen-bond acceptors (Lipinski definition) is 8. The molecule has 0 aromatic carbocycles. The van der Waals surface area contributed by atoms with Crippen molar-refractivity contribution in [2.24, 2.45) is 5.73 Å². The predicted molar refractivity (Wildman–Crippen MR) is 106 cm³/mol. The van der Waals surface area contributed by atoms with Gasteiger partial charge in [-0.1, -0.05) is 12.8 Å². The summed E-state index contributed by atoms with van der Waals surface area (Å²) in [5.74, 6) is 1.02. The number of rotatable bonds is 7. The number of hydrogen-bond donors (Lipinski definition) is 3. The third kappa shape index (κ3) is 4.33. The normalized spacial score (nSPS) is 19.0. The molecule has 1 aliphatic heterocycles. The highest BCUT2D eigenvalue weighted by atomic mass is 79.9. The summed E-state index contributed by atoms with van der Waals surface area (Å²) in [4.78, 5) is 10.9. The fourth-order valence-electron chi connectivity index (χ4n) is 3.44. The molecule has 3 heterocycles. The second-order valence-electron chi connectivity index (χ2n) is 7.10. The molecule has 1 saturated carbocycles. The predicted octanol–water partition coefficient (Wildman–Crippen LogP) is 0.308. The summed E-state index contributed by atoms with van der Waals surface area (Å²) >= 11 is 3.34. The largest absolute Gasteiger partial charge is 0.366 e. The minimum Gasteiger partial charge on any atom is -0.366 e. The summed E-state index contributed by atoms with van der Waals surface area (Å²) < 4.78 is 29.6. The third-order valence-electron chi connectivity index (χ3n) is 4.84. The van der Waals surface area contributed by atoms with Crippen molar-refractivity contribution >= 4 is 43.4 Å². The van der Waals surface area contributed by atoms with Crippen LogP contribution in [-0.4, -0.2) is 65.5 Å². The molecule has 1 aliphatic carbocycles. The van der Waals surface area contributed by atoms with Gasteiger partial charge >= 0.3 is 0 Å². The minimum absolute atomic E-state index is 0.0224. The van der Waals surface area contributed by atoms with Crippen molar-refractivity contribution in [2.75, 3.05) is 35.6 Å². The molecule has 12 heteroatoms. The second-order valence-corrected chi connectivity index (χ2v) is 9.79. The second kappa shape index (κ2) is 7.49. The Morgan fingerprint density at radius 1 is 1.26 bits per heavy atom. The zero-order valence-corrected chi connectivity index (χ0v) is 17.2. The topological polar surface area (TPSA) is 131 Å². The summed E-state index contributed by atoms with van der Waals surface area (Å²) in [5.41, 5.74) is 6.38. The van der Waals surface area contributed by atoms with Crippen LogP contribution in [0.25, 0.3) is 5.65 Å². The van der Waals surface area contributed by atoms with Gasteiger partial charge in [-0.25, -0.2) is 22.6 Å². The Morgan fingerprint density at radius 3 is 2.70 bits per heavy atom. The van der Waals surface area contributed by atoms with Crippen molar-refractivity contribution in [1.82, 2.24) is 24.3 Å². The third-order valence-corrected chi connectivity index (χ3v) is 6.65. The molecule has 0 amide bonds. The van der Waals surface area contributed by atoms with E-state index in [4.69, 9.17) is 5.73 Å². The first-order chi connectivity index (χ1) is 12.9. The maximum atomic E-state index is 12.3. The van der Waals surface area contributed by atoms with Gasteiger partial charge in [-0.05, 0) is 28.8 Å². The Labute approximate surface area is 166 Å². The molecule has 0 spiro atoms. The van der Waals surface area contributed by atoms with E-state index < -0.39 is 10.0 Å². The van der Waals surface area contributed by atoms with Gasteiger partial charge in [-0.3, -0.25) is 0 Å². The number of anilines is 2. The van der Waals surface area contributed by atoms with E-state index >= 15 is 0 Å². The molecule has 2 aromatic heterocycles. The molecule has 2 aliphatic rings. The van der Waals surface area contributed by atoms with Crippen LogP contribution in [0.1, 0.15) is 25.7 Å². The van der Waals surface area contributed by atoms with Gasteiger partial charge in [0.15, 0.2) is 11.5 Å². The number of halogens is 1. The van der Waals surface area contributed by atoms with Gasteiger partial charge in [0, 0.05) is 31.7 Å². The maximum Gasteiger partial charge on any atom is 0.245 e. The highest BCUT2D eigenvalue weighted by Gasteiger charge is 2.27. The lowest BCUT2D eigenvalue weighted by atomic mass is 10.1. The molecule has 1 saturated heterocycles. The van der Waals surface area contributed by atoms with Crippen LogP contribution < -0.4 is 20.7 Å². The van der Waals surface area contributed by atoms with Gasteiger partial charge in [0.25, 0.3) is 0 Å². The molecule has 0 radical (unpaired) electrons. The molecule has 4 rings (SSSR count). The zero-order chi connectivity index (χ0) is 19.0. The van der Waals surface area contributed by atoms with Gasteiger partial charge < -0.3 is 16.0 Å². The fraction of sp³-hybridized carbons (Fsp3) is 0.667. The minimum atomic E-state index is -3.33. The van der Waals surface area contributed by atoms with Crippen LogP contribution in [0.15, 0.2) is 10.8 Å². The highest BCUT2D eigenvalue weighted by molar-refractivity contribution is 9.10. The first-order valence-electron chi connectivity index (χ1n) is 9.07. The van der Waals surface area contributed by atoms with Crippen LogP contribution in [0.3, 0.4) is 0 Å². The van der Waals surface area contributed by atoms with E-state index in [1.54, 1.807) is 10.7 Å². The van der Waals surface area contributed by atoms with Gasteiger partial charge in [0.1, 0.15) is 4.60 Å². The zero-order valence-electron chi connectivity index (χ0n) is 14.8. The van der Waals surface area contributed by atoms with Crippen molar-refractivity contribution in [3.8, 4) is 0 Å². The smallest absolute Gasteiger partial charge is 0.245 e. The number of nitrogens with zero attached hydrogens (tertiary/aromatic N) is 5. The SMILES string of the molecule is NC1CN(c2nc(NCCS(=O)(=O)NC3CCCC3)c3nc(Br)cn3n2)C1. The Balaban J connectivity index is 1.45. The molecule has 27 heavy (non-hydrogen) atoms. The fourth-order valence-corrected chi connectivity index (χ4v) is 5.03. The van der Waals surface area contributed by atoms with Gasteiger partial charge in [0.2, 0.25) is 16.0 Å². The number of aromatic nitrogens is 4. The molecule has 2 fully saturated rings. The van der Waals surface area contributed by atoms with E-state index in [0.29, 0.717) is 35.1 Å².